The van der Waals surface area contributed by atoms with E-state index >= 15 is 0 Å². The number of rotatable bonds is 12. The number of carbonyl (C=O) groups excluding carboxylic acids is 1. The van der Waals surface area contributed by atoms with Gasteiger partial charge in [-0.05, 0) is 41.0 Å². The molecule has 45 heavy (non-hydrogen) atoms. The normalized spacial score (nSPS) is 12.8. The first kappa shape index (κ1) is 31.4. The van der Waals surface area contributed by atoms with Crippen LogP contribution in [0.3, 0.4) is 0 Å². The van der Waals surface area contributed by atoms with Crippen LogP contribution in [0.2, 0.25) is 0 Å². The molecule has 0 fully saturated rings. The summed E-state index contributed by atoms with van der Waals surface area (Å²) in [6, 6.07) is 33.0. The average Bonchev–Trinajstić information content (AvgIpc) is 3.02. The molecule has 5 aromatic carbocycles. The predicted molar refractivity (Wildman–Crippen MR) is 165 cm³/mol. The van der Waals surface area contributed by atoms with Gasteiger partial charge in [0.1, 0.15) is 24.7 Å². The number of halogens is 5. The van der Waals surface area contributed by atoms with Gasteiger partial charge in [0, 0.05) is 5.56 Å². The molecular formula is C34H28F5NO4S. The van der Waals surface area contributed by atoms with Crippen LogP contribution in [-0.2, 0) is 19.8 Å². The second-order valence-electron chi connectivity index (χ2n) is 10.0. The molecule has 0 atom stereocenters. The number of hydrogen-bond donors (Lipinski definition) is 1. The highest BCUT2D eigenvalue weighted by molar-refractivity contribution is 8.45. The summed E-state index contributed by atoms with van der Waals surface area (Å²) in [4.78, 5) is 11.2. The maximum Gasteiger partial charge on any atom is 0.312 e. The number of amides is 1. The second-order valence-corrected chi connectivity index (χ2v) is 12.4. The van der Waals surface area contributed by atoms with Gasteiger partial charge in [0.05, 0.1) is 5.69 Å². The Balaban J connectivity index is 1.54. The summed E-state index contributed by atoms with van der Waals surface area (Å²) in [6.45, 7) is 0.213. The van der Waals surface area contributed by atoms with Crippen molar-refractivity contribution in [1.29, 1.82) is 0 Å². The maximum absolute atomic E-state index is 13.8. The average molecular weight is 642 g/mol. The lowest BCUT2D eigenvalue weighted by Crippen LogP contribution is -2.17. The van der Waals surface area contributed by atoms with Gasteiger partial charge in [0.25, 0.3) is 5.91 Å². The highest BCUT2D eigenvalue weighted by Crippen LogP contribution is 3.02. The Kier molecular flexibility index (Phi) is 8.48. The summed E-state index contributed by atoms with van der Waals surface area (Å²) in [7, 11) is -10.1. The van der Waals surface area contributed by atoms with Gasteiger partial charge in [0.2, 0.25) is 5.75 Å². The molecule has 0 unspecified atom stereocenters. The lowest BCUT2D eigenvalue weighted by atomic mass is 10.1. The number of benzene rings is 5. The molecule has 5 aromatic rings. The van der Waals surface area contributed by atoms with E-state index in [4.69, 9.17) is 14.2 Å². The molecule has 0 bridgehead atoms. The molecule has 0 aliphatic heterocycles. The van der Waals surface area contributed by atoms with Crippen molar-refractivity contribution >= 4 is 21.8 Å². The van der Waals surface area contributed by atoms with Gasteiger partial charge in [-0.25, -0.2) is 0 Å². The lowest BCUT2D eigenvalue weighted by Gasteiger charge is -2.41. The van der Waals surface area contributed by atoms with Gasteiger partial charge < -0.3 is 19.5 Å². The van der Waals surface area contributed by atoms with Crippen LogP contribution in [0.1, 0.15) is 27.0 Å². The molecule has 234 valence electrons. The minimum atomic E-state index is -10.1. The van der Waals surface area contributed by atoms with E-state index in [0.717, 1.165) is 34.9 Å². The quantitative estimate of drug-likeness (QED) is 0.138. The van der Waals surface area contributed by atoms with Gasteiger partial charge in [0.15, 0.2) is 11.5 Å². The molecule has 0 spiro atoms. The van der Waals surface area contributed by atoms with E-state index in [1.54, 1.807) is 0 Å². The van der Waals surface area contributed by atoms with Gasteiger partial charge in [-0.15, -0.1) is 0 Å². The Bertz CT molecular complexity index is 1710. The molecule has 1 N–H and O–H groups in total. The molecule has 1 amide bonds. The summed E-state index contributed by atoms with van der Waals surface area (Å²) >= 11 is 0. The van der Waals surface area contributed by atoms with Crippen molar-refractivity contribution in [1.82, 2.24) is 0 Å². The molecular weight excluding hydrogens is 613 g/mol. The predicted octanol–water partition coefficient (Wildman–Crippen LogP) is 10.3. The van der Waals surface area contributed by atoms with Crippen molar-refractivity contribution in [2.75, 3.05) is 5.32 Å². The highest BCUT2D eigenvalue weighted by Gasteiger charge is 2.66. The standard InChI is InChI=1S/C34H28F5NO4S/c35-45(36,37,38,39)32-19-11-10-18-29(32)40-34(41)28-20-30(42-22-25-12-4-1-5-13-25)33(44-24-27-16-8-3-9-17-27)31(21-28)43-23-26-14-6-2-7-15-26/h1-21H,22-24H2,(H,40,41). The van der Waals surface area contributed by atoms with E-state index in [2.05, 4.69) is 0 Å². The number of hydrogen-bond acceptors (Lipinski definition) is 4. The highest BCUT2D eigenvalue weighted by atomic mass is 32.5. The molecule has 0 radical (unpaired) electrons. The molecule has 0 saturated heterocycles. The number of carbonyl (C=O) groups is 1. The largest absolute Gasteiger partial charge is 0.485 e. The van der Waals surface area contributed by atoms with E-state index in [0.29, 0.717) is 0 Å². The van der Waals surface area contributed by atoms with Crippen LogP contribution >= 0.6 is 10.2 Å². The van der Waals surface area contributed by atoms with E-state index in [9.17, 15) is 24.2 Å². The second kappa shape index (κ2) is 12.2. The van der Waals surface area contributed by atoms with Crippen LogP contribution in [0, 0.1) is 0 Å². The van der Waals surface area contributed by atoms with Crippen molar-refractivity contribution in [3.63, 3.8) is 0 Å². The van der Waals surface area contributed by atoms with E-state index in [1.807, 2.05) is 96.3 Å². The smallest absolute Gasteiger partial charge is 0.312 e. The van der Waals surface area contributed by atoms with Crippen LogP contribution in [0.5, 0.6) is 17.2 Å². The fraction of sp³-hybridized carbons (Fsp3) is 0.0882. The summed E-state index contributed by atoms with van der Waals surface area (Å²) in [5.74, 6) is -0.819. The number of para-hydroxylation sites is 1. The third-order valence-corrected chi connectivity index (χ3v) is 7.72. The van der Waals surface area contributed by atoms with Crippen molar-refractivity contribution in [2.24, 2.45) is 0 Å². The zero-order valence-corrected chi connectivity index (χ0v) is 24.5. The zero-order chi connectivity index (χ0) is 32.0. The van der Waals surface area contributed by atoms with Gasteiger partial charge >= 0.3 is 10.2 Å². The van der Waals surface area contributed by atoms with Crippen molar-refractivity contribution in [2.45, 2.75) is 24.7 Å². The van der Waals surface area contributed by atoms with E-state index < -0.39 is 26.7 Å². The van der Waals surface area contributed by atoms with E-state index in [-0.39, 0.29) is 48.7 Å². The van der Waals surface area contributed by atoms with Gasteiger partial charge in [-0.2, -0.15) is 0 Å². The Morgan fingerprint density at radius 1 is 0.556 bits per heavy atom. The minimum Gasteiger partial charge on any atom is -0.485 e. The van der Waals surface area contributed by atoms with Crippen LogP contribution in [0.4, 0.5) is 25.1 Å². The van der Waals surface area contributed by atoms with E-state index in [1.165, 1.54) is 12.1 Å². The minimum absolute atomic E-state index is 0.0543. The summed E-state index contributed by atoms with van der Waals surface area (Å²) in [6.07, 6.45) is 0. The van der Waals surface area contributed by atoms with Crippen LogP contribution in [0.25, 0.3) is 0 Å². The summed E-state index contributed by atoms with van der Waals surface area (Å²) < 4.78 is 87.2. The third-order valence-electron chi connectivity index (χ3n) is 6.53. The Morgan fingerprint density at radius 3 is 1.40 bits per heavy atom. The Labute approximate surface area is 256 Å². The molecule has 0 saturated carbocycles. The molecule has 0 aromatic heterocycles. The molecule has 0 aliphatic rings. The topological polar surface area (TPSA) is 56.8 Å². The van der Waals surface area contributed by atoms with Crippen LogP contribution in [0.15, 0.2) is 132 Å². The monoisotopic (exact) mass is 641 g/mol. The number of anilines is 1. The summed E-state index contributed by atoms with van der Waals surface area (Å²) in [5, 5.41) is 2.00. The molecule has 5 nitrogen and oxygen atoms in total. The first-order valence-electron chi connectivity index (χ1n) is 13.7. The SMILES string of the molecule is O=C(Nc1ccccc1S(F)(F)(F)(F)F)c1cc(OCc2ccccc2)c(OCc2ccccc2)c(OCc2ccccc2)c1. The molecule has 5 rings (SSSR count). The van der Waals surface area contributed by atoms with Crippen molar-refractivity contribution in [3.05, 3.63) is 150 Å². The molecule has 0 aliphatic carbocycles. The number of nitrogens with one attached hydrogen (secondary N) is 1. The Hall–Kier alpha value is -5.03. The van der Waals surface area contributed by atoms with Gasteiger partial charge in [-0.1, -0.05) is 123 Å². The molecule has 0 heterocycles. The Morgan fingerprint density at radius 2 is 0.956 bits per heavy atom. The summed E-state index contributed by atoms with van der Waals surface area (Å²) in [5.41, 5.74) is 1.13. The van der Waals surface area contributed by atoms with Crippen molar-refractivity contribution in [3.8, 4) is 17.2 Å². The fourth-order valence-electron chi connectivity index (χ4n) is 4.37. The number of ether oxygens (including phenoxy) is 3. The van der Waals surface area contributed by atoms with Crippen LogP contribution < -0.4 is 19.5 Å². The first-order valence-corrected chi connectivity index (χ1v) is 15.6. The maximum atomic E-state index is 13.8. The third kappa shape index (κ3) is 8.54. The molecule has 11 heteroatoms. The zero-order valence-electron chi connectivity index (χ0n) is 23.7. The lowest BCUT2D eigenvalue weighted by molar-refractivity contribution is 0.102. The fourth-order valence-corrected chi connectivity index (χ4v) is 5.24. The first-order chi connectivity index (χ1) is 21.4. The van der Waals surface area contributed by atoms with Crippen LogP contribution in [-0.4, -0.2) is 5.91 Å². The van der Waals surface area contributed by atoms with Crippen molar-refractivity contribution < 1.29 is 38.4 Å². The van der Waals surface area contributed by atoms with Gasteiger partial charge in [-0.3, -0.25) is 4.79 Å².